The summed E-state index contributed by atoms with van der Waals surface area (Å²) < 4.78 is 18.4. The highest BCUT2D eigenvalue weighted by Gasteiger charge is 2.18. The molecule has 0 fully saturated rings. The summed E-state index contributed by atoms with van der Waals surface area (Å²) in [7, 11) is 0. The molecule has 8 heteroatoms. The Morgan fingerprint density at radius 1 is 1.38 bits per heavy atom. The van der Waals surface area contributed by atoms with Crippen molar-refractivity contribution in [1.82, 2.24) is 9.97 Å². The zero-order valence-corrected chi connectivity index (χ0v) is 11.8. The number of nitro groups is 1. The van der Waals surface area contributed by atoms with Crippen LogP contribution in [0.25, 0.3) is 0 Å². The van der Waals surface area contributed by atoms with E-state index in [1.165, 1.54) is 12.1 Å². The lowest BCUT2D eigenvalue weighted by molar-refractivity contribution is -0.385. The number of hydrogen-bond donors (Lipinski definition) is 0. The lowest BCUT2D eigenvalue weighted by Gasteiger charge is -2.07. The predicted molar refractivity (Wildman–Crippen MR) is 74.2 cm³/mol. The van der Waals surface area contributed by atoms with E-state index in [2.05, 4.69) is 9.97 Å². The Labute approximate surface area is 124 Å². The quantitative estimate of drug-likeness (QED) is 0.475. The van der Waals surface area contributed by atoms with Crippen molar-refractivity contribution in [1.29, 1.82) is 0 Å². The molecular weight excluding hydrogens is 301 g/mol. The van der Waals surface area contributed by atoms with Crippen LogP contribution in [-0.2, 0) is 6.42 Å². The van der Waals surface area contributed by atoms with Gasteiger partial charge in [0.05, 0.1) is 11.0 Å². The average molecular weight is 312 g/mol. The fourth-order valence-corrected chi connectivity index (χ4v) is 1.85. The molecule has 0 bridgehead atoms. The molecule has 0 radical (unpaired) electrons. The van der Waals surface area contributed by atoms with Gasteiger partial charge in [-0.1, -0.05) is 18.5 Å². The van der Waals surface area contributed by atoms with Crippen LogP contribution in [0, 0.1) is 15.9 Å². The summed E-state index contributed by atoms with van der Waals surface area (Å²) in [5, 5.41) is 11.1. The van der Waals surface area contributed by atoms with E-state index in [0.29, 0.717) is 12.2 Å². The van der Waals surface area contributed by atoms with E-state index in [1.807, 2.05) is 6.92 Å². The lowest BCUT2D eigenvalue weighted by atomic mass is 10.3. The van der Waals surface area contributed by atoms with Gasteiger partial charge in [0.25, 0.3) is 0 Å². The molecule has 1 aromatic heterocycles. The first-order valence-electron chi connectivity index (χ1n) is 6.15. The van der Waals surface area contributed by atoms with Gasteiger partial charge in [0.2, 0.25) is 11.6 Å². The molecule has 21 heavy (non-hydrogen) atoms. The number of rotatable bonds is 5. The standard InChI is InChI=1S/C13H11ClFN3O3/c1-2-3-12-16-11(14)7-13(17-12)21-10-5-4-8(15)6-9(10)18(19)20/h4-7H,2-3H2,1H3. The Morgan fingerprint density at radius 3 is 2.81 bits per heavy atom. The molecule has 0 N–H and O–H groups in total. The first-order chi connectivity index (χ1) is 9.99. The van der Waals surface area contributed by atoms with E-state index >= 15 is 0 Å². The third-order valence-electron chi connectivity index (χ3n) is 2.52. The van der Waals surface area contributed by atoms with Gasteiger partial charge in [0, 0.05) is 12.5 Å². The maximum Gasteiger partial charge on any atom is 0.314 e. The molecule has 0 atom stereocenters. The molecule has 1 aromatic carbocycles. The van der Waals surface area contributed by atoms with Crippen molar-refractivity contribution in [2.75, 3.05) is 0 Å². The molecule has 0 amide bonds. The van der Waals surface area contributed by atoms with Gasteiger partial charge in [-0.05, 0) is 18.6 Å². The van der Waals surface area contributed by atoms with Gasteiger partial charge in [-0.25, -0.2) is 9.37 Å². The Hall–Kier alpha value is -2.28. The molecule has 0 spiro atoms. The summed E-state index contributed by atoms with van der Waals surface area (Å²) >= 11 is 5.85. The van der Waals surface area contributed by atoms with Crippen LogP contribution in [-0.4, -0.2) is 14.9 Å². The van der Waals surface area contributed by atoms with Crippen LogP contribution in [0.3, 0.4) is 0 Å². The highest BCUT2D eigenvalue weighted by Crippen LogP contribution is 2.31. The number of aromatic nitrogens is 2. The van der Waals surface area contributed by atoms with Crippen LogP contribution >= 0.6 is 11.6 Å². The zero-order valence-electron chi connectivity index (χ0n) is 11.0. The largest absolute Gasteiger partial charge is 0.432 e. The second-order valence-electron chi connectivity index (χ2n) is 4.17. The van der Waals surface area contributed by atoms with Crippen molar-refractivity contribution in [2.24, 2.45) is 0 Å². The SMILES string of the molecule is CCCc1nc(Cl)cc(Oc2ccc(F)cc2[N+](=O)[O-])n1. The molecular formula is C13H11ClFN3O3. The van der Waals surface area contributed by atoms with E-state index in [0.717, 1.165) is 18.6 Å². The molecule has 0 aliphatic heterocycles. The molecule has 6 nitrogen and oxygen atoms in total. The Balaban J connectivity index is 2.36. The van der Waals surface area contributed by atoms with Crippen LogP contribution in [0.4, 0.5) is 10.1 Å². The Morgan fingerprint density at radius 2 is 2.14 bits per heavy atom. The monoisotopic (exact) mass is 311 g/mol. The van der Waals surface area contributed by atoms with Gasteiger partial charge in [0.15, 0.2) is 0 Å². The minimum atomic E-state index is -0.728. The zero-order chi connectivity index (χ0) is 15.4. The van der Waals surface area contributed by atoms with Crippen molar-refractivity contribution >= 4 is 17.3 Å². The van der Waals surface area contributed by atoms with E-state index in [4.69, 9.17) is 16.3 Å². The van der Waals surface area contributed by atoms with E-state index in [1.54, 1.807) is 0 Å². The summed E-state index contributed by atoms with van der Waals surface area (Å²) in [5.41, 5.74) is -0.484. The van der Waals surface area contributed by atoms with Crippen molar-refractivity contribution < 1.29 is 14.1 Å². The predicted octanol–water partition coefficient (Wildman–Crippen LogP) is 3.92. The summed E-state index contributed by atoms with van der Waals surface area (Å²) in [6.07, 6.45) is 1.42. The van der Waals surface area contributed by atoms with Crippen LogP contribution in [0.15, 0.2) is 24.3 Å². The minimum Gasteiger partial charge on any atom is -0.432 e. The first kappa shape index (κ1) is 15.1. The van der Waals surface area contributed by atoms with Gasteiger partial charge in [-0.3, -0.25) is 10.1 Å². The highest BCUT2D eigenvalue weighted by atomic mass is 35.5. The lowest BCUT2D eigenvalue weighted by Crippen LogP contribution is -1.99. The summed E-state index contributed by atoms with van der Waals surface area (Å²) in [6, 6.07) is 4.36. The fourth-order valence-electron chi connectivity index (χ4n) is 1.66. The normalized spacial score (nSPS) is 10.4. The van der Waals surface area contributed by atoms with Gasteiger partial charge in [-0.2, -0.15) is 4.98 Å². The molecule has 2 rings (SSSR count). The first-order valence-corrected chi connectivity index (χ1v) is 6.52. The van der Waals surface area contributed by atoms with Crippen molar-refractivity contribution in [2.45, 2.75) is 19.8 Å². The Kier molecular flexibility index (Phi) is 4.64. The molecule has 0 unspecified atom stereocenters. The van der Waals surface area contributed by atoms with E-state index in [9.17, 15) is 14.5 Å². The van der Waals surface area contributed by atoms with Crippen LogP contribution < -0.4 is 4.74 Å². The summed E-state index contributed by atoms with van der Waals surface area (Å²) in [4.78, 5) is 18.3. The van der Waals surface area contributed by atoms with Crippen molar-refractivity contribution in [3.8, 4) is 11.6 Å². The molecule has 0 saturated carbocycles. The van der Waals surface area contributed by atoms with Crippen molar-refractivity contribution in [3.63, 3.8) is 0 Å². The van der Waals surface area contributed by atoms with Crippen LogP contribution in [0.1, 0.15) is 19.2 Å². The van der Waals surface area contributed by atoms with Gasteiger partial charge >= 0.3 is 5.69 Å². The highest BCUT2D eigenvalue weighted by molar-refractivity contribution is 6.29. The molecule has 1 heterocycles. The number of halogens is 2. The van der Waals surface area contributed by atoms with Crippen LogP contribution in [0.2, 0.25) is 5.15 Å². The fraction of sp³-hybridized carbons (Fsp3) is 0.231. The second-order valence-corrected chi connectivity index (χ2v) is 4.55. The van der Waals surface area contributed by atoms with E-state index < -0.39 is 16.4 Å². The maximum atomic E-state index is 13.1. The molecule has 0 aliphatic carbocycles. The number of nitrogens with zero attached hydrogens (tertiary/aromatic N) is 3. The topological polar surface area (TPSA) is 78.2 Å². The summed E-state index contributed by atoms with van der Waals surface area (Å²) in [6.45, 7) is 1.95. The number of benzene rings is 1. The van der Waals surface area contributed by atoms with Crippen LogP contribution in [0.5, 0.6) is 11.6 Å². The minimum absolute atomic E-state index is 0.0770. The van der Waals surface area contributed by atoms with Crippen molar-refractivity contribution in [3.05, 3.63) is 51.2 Å². The average Bonchev–Trinajstić information content (AvgIpc) is 2.40. The molecule has 110 valence electrons. The molecule has 2 aromatic rings. The van der Waals surface area contributed by atoms with Gasteiger partial charge in [-0.15, -0.1) is 0 Å². The number of hydrogen-bond acceptors (Lipinski definition) is 5. The molecule has 0 saturated heterocycles. The number of nitro benzene ring substituents is 1. The smallest absolute Gasteiger partial charge is 0.314 e. The molecule has 0 aliphatic rings. The maximum absolute atomic E-state index is 13.1. The number of ether oxygens (including phenoxy) is 1. The van der Waals surface area contributed by atoms with Gasteiger partial charge < -0.3 is 4.74 Å². The Bertz CT molecular complexity index is 682. The third-order valence-corrected chi connectivity index (χ3v) is 2.72. The second kappa shape index (κ2) is 6.45. The summed E-state index contributed by atoms with van der Waals surface area (Å²) in [5.74, 6) is -0.280. The van der Waals surface area contributed by atoms with Gasteiger partial charge in [0.1, 0.15) is 16.8 Å². The number of aryl methyl sites for hydroxylation is 1. The van der Waals surface area contributed by atoms with E-state index in [-0.39, 0.29) is 16.8 Å². The third kappa shape index (κ3) is 3.85.